The number of benzene rings is 1. The van der Waals surface area contributed by atoms with Gasteiger partial charge in [-0.2, -0.15) is 0 Å². The van der Waals surface area contributed by atoms with E-state index in [-0.39, 0.29) is 11.0 Å². The lowest BCUT2D eigenvalue weighted by atomic mass is 10.1. The molecule has 1 aliphatic rings. The highest BCUT2D eigenvalue weighted by Gasteiger charge is 2.25. The first-order chi connectivity index (χ1) is 12.1. The van der Waals surface area contributed by atoms with Crippen molar-refractivity contribution in [3.63, 3.8) is 0 Å². The lowest BCUT2D eigenvalue weighted by Gasteiger charge is -2.12. The van der Waals surface area contributed by atoms with Crippen LogP contribution in [0.5, 0.6) is 0 Å². The molecule has 0 saturated carbocycles. The minimum absolute atomic E-state index is 0.144. The highest BCUT2D eigenvalue weighted by molar-refractivity contribution is 8.00. The second-order valence-corrected chi connectivity index (χ2v) is 7.96. The Labute approximate surface area is 151 Å². The van der Waals surface area contributed by atoms with Crippen LogP contribution < -0.4 is 0 Å². The molecule has 2 aromatic heterocycles. The molecule has 5 nitrogen and oxygen atoms in total. The third-order valence-electron chi connectivity index (χ3n) is 4.87. The van der Waals surface area contributed by atoms with Crippen LogP contribution in [0.3, 0.4) is 0 Å². The molecule has 1 atom stereocenters. The van der Waals surface area contributed by atoms with Crippen LogP contribution in [0.15, 0.2) is 29.4 Å². The maximum absolute atomic E-state index is 13.1. The number of nitrogens with one attached hydrogen (secondary N) is 1. The highest BCUT2D eigenvalue weighted by Crippen LogP contribution is 2.30. The standard InChI is InChI=1S/C19H22N4OS/c1-12-17(14-8-5-6-9-15(14)20-12)18(24)13(2)25-19-22-21-16-10-4-3-7-11-23(16)19/h5-6,8-9,13,20H,3-4,7,10-11H2,1-2H3/t13-/m0/s1. The van der Waals surface area contributed by atoms with Crippen LogP contribution in [0.2, 0.25) is 0 Å². The number of aromatic amines is 1. The second kappa shape index (κ2) is 6.67. The van der Waals surface area contributed by atoms with Crippen LogP contribution in [0.4, 0.5) is 0 Å². The highest BCUT2D eigenvalue weighted by atomic mass is 32.2. The van der Waals surface area contributed by atoms with E-state index in [1.165, 1.54) is 24.6 Å². The summed E-state index contributed by atoms with van der Waals surface area (Å²) in [4.78, 5) is 16.4. The van der Waals surface area contributed by atoms with E-state index < -0.39 is 0 Å². The predicted molar refractivity (Wildman–Crippen MR) is 100 cm³/mol. The van der Waals surface area contributed by atoms with E-state index in [4.69, 9.17) is 0 Å². The molecule has 0 radical (unpaired) electrons. The minimum atomic E-state index is -0.200. The molecule has 4 rings (SSSR count). The summed E-state index contributed by atoms with van der Waals surface area (Å²) in [6.07, 6.45) is 4.54. The van der Waals surface area contributed by atoms with Crippen LogP contribution in [0.1, 0.15) is 48.1 Å². The molecule has 0 amide bonds. The zero-order valence-corrected chi connectivity index (χ0v) is 15.4. The van der Waals surface area contributed by atoms with Gasteiger partial charge in [0.2, 0.25) is 0 Å². The molecule has 3 heterocycles. The molecule has 130 valence electrons. The van der Waals surface area contributed by atoms with Gasteiger partial charge >= 0.3 is 0 Å². The van der Waals surface area contributed by atoms with Gasteiger partial charge < -0.3 is 9.55 Å². The Hall–Kier alpha value is -2.08. The summed E-state index contributed by atoms with van der Waals surface area (Å²) >= 11 is 1.52. The van der Waals surface area contributed by atoms with Crippen molar-refractivity contribution in [3.05, 3.63) is 41.3 Å². The zero-order chi connectivity index (χ0) is 17.4. The van der Waals surface area contributed by atoms with Gasteiger partial charge in [-0.05, 0) is 32.8 Å². The summed E-state index contributed by atoms with van der Waals surface area (Å²) in [5.41, 5.74) is 2.74. The first-order valence-electron chi connectivity index (χ1n) is 8.85. The number of fused-ring (bicyclic) bond motifs is 2. The van der Waals surface area contributed by atoms with Crippen molar-refractivity contribution >= 4 is 28.4 Å². The van der Waals surface area contributed by atoms with E-state index in [1.54, 1.807) is 0 Å². The van der Waals surface area contributed by atoms with Gasteiger partial charge in [0.25, 0.3) is 0 Å². The fourth-order valence-corrected chi connectivity index (χ4v) is 4.51. The number of Topliss-reactive ketones (excluding diaryl/α,β-unsaturated/α-hetero) is 1. The van der Waals surface area contributed by atoms with Crippen LogP contribution >= 0.6 is 11.8 Å². The summed E-state index contributed by atoms with van der Waals surface area (Å²) in [6.45, 7) is 4.89. The number of thioether (sulfide) groups is 1. The molecule has 0 spiro atoms. The molecule has 0 aliphatic carbocycles. The Balaban J connectivity index is 1.61. The molecule has 1 aromatic carbocycles. The molecule has 6 heteroatoms. The smallest absolute Gasteiger partial charge is 0.191 e. The molecular formula is C19H22N4OS. The third-order valence-corrected chi connectivity index (χ3v) is 5.95. The van der Waals surface area contributed by atoms with Gasteiger partial charge in [-0.1, -0.05) is 36.4 Å². The molecule has 1 N–H and O–H groups in total. The summed E-state index contributed by atoms with van der Waals surface area (Å²) in [6, 6.07) is 7.97. The van der Waals surface area contributed by atoms with Crippen LogP contribution in [0.25, 0.3) is 10.9 Å². The van der Waals surface area contributed by atoms with Crippen molar-refractivity contribution in [3.8, 4) is 0 Å². The average molecular weight is 354 g/mol. The van der Waals surface area contributed by atoms with Gasteiger partial charge in [-0.3, -0.25) is 4.79 Å². The number of carbonyl (C=O) groups excluding carboxylic acids is 1. The van der Waals surface area contributed by atoms with Gasteiger partial charge in [0.1, 0.15) is 5.82 Å². The first-order valence-corrected chi connectivity index (χ1v) is 9.73. The molecule has 1 aliphatic heterocycles. The van der Waals surface area contributed by atoms with Crippen molar-refractivity contribution in [1.29, 1.82) is 0 Å². The van der Waals surface area contributed by atoms with Crippen LogP contribution in [-0.2, 0) is 13.0 Å². The van der Waals surface area contributed by atoms with E-state index in [9.17, 15) is 4.79 Å². The molecule has 0 bridgehead atoms. The lowest BCUT2D eigenvalue weighted by Crippen LogP contribution is -2.15. The summed E-state index contributed by atoms with van der Waals surface area (Å²) < 4.78 is 2.20. The van der Waals surface area contributed by atoms with Crippen molar-refractivity contribution in [1.82, 2.24) is 19.7 Å². The predicted octanol–water partition coefficient (Wildman–Crippen LogP) is 4.16. The minimum Gasteiger partial charge on any atom is -0.358 e. The number of hydrogen-bond acceptors (Lipinski definition) is 4. The number of hydrogen-bond donors (Lipinski definition) is 1. The first kappa shape index (κ1) is 16.4. The fraction of sp³-hybridized carbons (Fsp3) is 0.421. The average Bonchev–Trinajstić information content (AvgIpc) is 3.04. The Morgan fingerprint density at radius 3 is 2.96 bits per heavy atom. The number of para-hydroxylation sites is 1. The normalized spacial score (nSPS) is 15.8. The molecule has 3 aromatic rings. The molecular weight excluding hydrogens is 332 g/mol. The summed E-state index contributed by atoms with van der Waals surface area (Å²) in [5, 5.41) is 10.3. The number of carbonyl (C=O) groups is 1. The zero-order valence-electron chi connectivity index (χ0n) is 14.6. The van der Waals surface area contributed by atoms with Crippen LogP contribution in [-0.4, -0.2) is 30.8 Å². The Bertz CT molecular complexity index is 927. The lowest BCUT2D eigenvalue weighted by molar-refractivity contribution is 0.0995. The number of nitrogens with zero attached hydrogens (tertiary/aromatic N) is 3. The third kappa shape index (κ3) is 2.99. The van der Waals surface area contributed by atoms with Gasteiger partial charge in [0.05, 0.1) is 5.25 Å². The van der Waals surface area contributed by atoms with E-state index in [0.717, 1.165) is 52.5 Å². The monoisotopic (exact) mass is 354 g/mol. The molecule has 0 saturated heterocycles. The Morgan fingerprint density at radius 1 is 1.24 bits per heavy atom. The van der Waals surface area contributed by atoms with Gasteiger partial charge in [0, 0.05) is 35.1 Å². The largest absolute Gasteiger partial charge is 0.358 e. The number of H-pyrrole nitrogens is 1. The van der Waals surface area contributed by atoms with Crippen molar-refractivity contribution in [2.45, 2.75) is 56.5 Å². The number of rotatable bonds is 4. The fourth-order valence-electron chi connectivity index (χ4n) is 3.55. The van der Waals surface area contributed by atoms with E-state index in [1.807, 2.05) is 38.1 Å². The number of aryl methyl sites for hydroxylation is 2. The maximum Gasteiger partial charge on any atom is 0.191 e. The van der Waals surface area contributed by atoms with Crippen molar-refractivity contribution in [2.75, 3.05) is 0 Å². The van der Waals surface area contributed by atoms with Gasteiger partial charge in [0.15, 0.2) is 10.9 Å². The van der Waals surface area contributed by atoms with Gasteiger partial charge in [-0.25, -0.2) is 0 Å². The topological polar surface area (TPSA) is 63.6 Å². The Morgan fingerprint density at radius 2 is 2.08 bits per heavy atom. The van der Waals surface area contributed by atoms with Crippen molar-refractivity contribution in [2.24, 2.45) is 0 Å². The molecule has 25 heavy (non-hydrogen) atoms. The summed E-state index contributed by atoms with van der Waals surface area (Å²) in [5.74, 6) is 1.20. The number of aromatic nitrogens is 4. The quantitative estimate of drug-likeness (QED) is 0.564. The van der Waals surface area contributed by atoms with E-state index in [2.05, 4.69) is 19.7 Å². The number of ketones is 1. The van der Waals surface area contributed by atoms with E-state index >= 15 is 0 Å². The molecule has 0 fully saturated rings. The Kier molecular flexibility index (Phi) is 4.37. The molecule has 0 unspecified atom stereocenters. The van der Waals surface area contributed by atoms with E-state index in [0.29, 0.717) is 0 Å². The summed E-state index contributed by atoms with van der Waals surface area (Å²) in [7, 11) is 0. The van der Waals surface area contributed by atoms with Gasteiger partial charge in [-0.15, -0.1) is 10.2 Å². The second-order valence-electron chi connectivity index (χ2n) is 6.66. The maximum atomic E-state index is 13.1. The SMILES string of the molecule is Cc1[nH]c2ccccc2c1C(=O)[C@H](C)Sc1nnc2n1CCCCC2. The van der Waals surface area contributed by atoms with Crippen molar-refractivity contribution < 1.29 is 4.79 Å². The van der Waals surface area contributed by atoms with Crippen LogP contribution in [0, 0.1) is 6.92 Å².